The highest BCUT2D eigenvalue weighted by Gasteiger charge is 2.41. The molecular weight excluding hydrogens is 351 g/mol. The average Bonchev–Trinajstić information content (AvgIpc) is 2.65. The van der Waals surface area contributed by atoms with Crippen LogP contribution < -0.4 is 5.32 Å². The number of aliphatic carboxylic acids is 1. The Bertz CT molecular complexity index is 959. The van der Waals surface area contributed by atoms with Crippen LogP contribution in [0.5, 0.6) is 0 Å². The molecule has 0 bridgehead atoms. The molecule has 0 aromatic heterocycles. The third-order valence-corrected chi connectivity index (χ3v) is 5.15. The molecule has 7 heteroatoms. The SMILES string of the molecule is O=C1CC(C(=O)N2CCc3ccccc3C2C(=O)O)c2ccc(F)cc2N1. The first kappa shape index (κ1) is 17.2. The minimum atomic E-state index is -1.12. The van der Waals surface area contributed by atoms with Gasteiger partial charge in [-0.25, -0.2) is 9.18 Å². The maximum absolute atomic E-state index is 13.5. The number of anilines is 1. The Kier molecular flexibility index (Phi) is 4.14. The maximum Gasteiger partial charge on any atom is 0.331 e. The van der Waals surface area contributed by atoms with Crippen LogP contribution in [0.2, 0.25) is 0 Å². The number of hydrogen-bond acceptors (Lipinski definition) is 3. The van der Waals surface area contributed by atoms with Gasteiger partial charge >= 0.3 is 5.97 Å². The Labute approximate surface area is 154 Å². The fraction of sp³-hybridized carbons (Fsp3) is 0.250. The van der Waals surface area contributed by atoms with Gasteiger partial charge in [0.1, 0.15) is 5.82 Å². The van der Waals surface area contributed by atoms with Gasteiger partial charge in [0.25, 0.3) is 0 Å². The van der Waals surface area contributed by atoms with E-state index in [0.29, 0.717) is 17.5 Å². The molecule has 2 aliphatic rings. The predicted octanol–water partition coefficient (Wildman–Crippen LogP) is 2.46. The first-order valence-corrected chi connectivity index (χ1v) is 8.66. The van der Waals surface area contributed by atoms with Crippen molar-refractivity contribution in [2.75, 3.05) is 11.9 Å². The number of nitrogens with zero attached hydrogens (tertiary/aromatic N) is 1. The smallest absolute Gasteiger partial charge is 0.331 e. The molecule has 2 aliphatic heterocycles. The molecule has 4 rings (SSSR count). The first-order valence-electron chi connectivity index (χ1n) is 8.66. The number of carboxylic acid groups (broad SMARTS) is 1. The molecule has 0 saturated carbocycles. The minimum Gasteiger partial charge on any atom is -0.479 e. The minimum absolute atomic E-state index is 0.0953. The number of carbonyl (C=O) groups is 3. The van der Waals surface area contributed by atoms with Crippen LogP contribution >= 0.6 is 0 Å². The van der Waals surface area contributed by atoms with Crippen LogP contribution in [0.4, 0.5) is 10.1 Å². The molecule has 0 fully saturated rings. The Morgan fingerprint density at radius 2 is 1.93 bits per heavy atom. The van der Waals surface area contributed by atoms with Crippen molar-refractivity contribution in [3.05, 3.63) is 65.0 Å². The number of rotatable bonds is 2. The topological polar surface area (TPSA) is 86.7 Å². The van der Waals surface area contributed by atoms with Gasteiger partial charge in [0.2, 0.25) is 11.8 Å². The van der Waals surface area contributed by atoms with Crippen LogP contribution in [-0.2, 0) is 20.8 Å². The van der Waals surface area contributed by atoms with E-state index < -0.39 is 35.6 Å². The molecule has 2 atom stereocenters. The van der Waals surface area contributed by atoms with Crippen molar-refractivity contribution in [1.29, 1.82) is 0 Å². The zero-order valence-corrected chi connectivity index (χ0v) is 14.3. The molecule has 2 N–H and O–H groups in total. The normalized spacial score (nSPS) is 21.1. The number of nitrogens with one attached hydrogen (secondary N) is 1. The molecule has 0 radical (unpaired) electrons. The number of halogens is 1. The largest absolute Gasteiger partial charge is 0.479 e. The third kappa shape index (κ3) is 2.95. The standard InChI is InChI=1S/C20H17FN2O4/c21-12-5-6-14-15(10-17(24)22-16(14)9-12)19(25)23-8-7-11-3-1-2-4-13(11)18(23)20(26)27/h1-6,9,15,18H,7-8,10H2,(H,22,24)(H,26,27). The van der Waals surface area contributed by atoms with Crippen LogP contribution in [0.3, 0.4) is 0 Å². The fourth-order valence-electron chi connectivity index (χ4n) is 3.93. The highest BCUT2D eigenvalue weighted by atomic mass is 19.1. The number of benzene rings is 2. The van der Waals surface area contributed by atoms with E-state index in [2.05, 4.69) is 5.32 Å². The summed E-state index contributed by atoms with van der Waals surface area (Å²) in [7, 11) is 0. The summed E-state index contributed by atoms with van der Waals surface area (Å²) < 4.78 is 13.5. The van der Waals surface area contributed by atoms with Gasteiger partial charge in [0.05, 0.1) is 5.92 Å². The second-order valence-electron chi connectivity index (χ2n) is 6.76. The summed E-state index contributed by atoms with van der Waals surface area (Å²) in [4.78, 5) is 38.6. The molecule has 0 spiro atoms. The van der Waals surface area contributed by atoms with Crippen molar-refractivity contribution in [2.45, 2.75) is 24.8 Å². The number of hydrogen-bond donors (Lipinski definition) is 2. The summed E-state index contributed by atoms with van der Waals surface area (Å²) in [6.45, 7) is 0.251. The van der Waals surface area contributed by atoms with E-state index in [1.807, 2.05) is 12.1 Å². The Balaban J connectivity index is 1.73. The van der Waals surface area contributed by atoms with E-state index >= 15 is 0 Å². The van der Waals surface area contributed by atoms with Crippen LogP contribution in [0.1, 0.15) is 35.1 Å². The fourth-order valence-corrected chi connectivity index (χ4v) is 3.93. The van der Waals surface area contributed by atoms with Crippen LogP contribution in [0.25, 0.3) is 0 Å². The lowest BCUT2D eigenvalue weighted by molar-refractivity contribution is -0.152. The summed E-state index contributed by atoms with van der Waals surface area (Å²) >= 11 is 0. The summed E-state index contributed by atoms with van der Waals surface area (Å²) in [5.41, 5.74) is 2.25. The Morgan fingerprint density at radius 1 is 1.15 bits per heavy atom. The second-order valence-corrected chi connectivity index (χ2v) is 6.76. The summed E-state index contributed by atoms with van der Waals surface area (Å²) in [6, 6.07) is 9.94. The highest BCUT2D eigenvalue weighted by Crippen LogP contribution is 2.38. The van der Waals surface area contributed by atoms with E-state index in [9.17, 15) is 23.9 Å². The van der Waals surface area contributed by atoms with E-state index in [1.165, 1.54) is 23.1 Å². The Hall–Kier alpha value is -3.22. The number of fused-ring (bicyclic) bond motifs is 2. The van der Waals surface area contributed by atoms with Gasteiger partial charge in [-0.1, -0.05) is 30.3 Å². The van der Waals surface area contributed by atoms with Crippen molar-refractivity contribution < 1.29 is 23.9 Å². The van der Waals surface area contributed by atoms with E-state index in [4.69, 9.17) is 0 Å². The molecule has 2 aromatic rings. The van der Waals surface area contributed by atoms with Crippen molar-refractivity contribution >= 4 is 23.5 Å². The Morgan fingerprint density at radius 3 is 2.70 bits per heavy atom. The predicted molar refractivity (Wildman–Crippen MR) is 94.6 cm³/mol. The molecule has 138 valence electrons. The van der Waals surface area contributed by atoms with Crippen molar-refractivity contribution in [2.24, 2.45) is 0 Å². The molecule has 2 unspecified atom stereocenters. The van der Waals surface area contributed by atoms with Gasteiger partial charge < -0.3 is 15.3 Å². The van der Waals surface area contributed by atoms with Crippen molar-refractivity contribution in [3.8, 4) is 0 Å². The third-order valence-electron chi connectivity index (χ3n) is 5.15. The maximum atomic E-state index is 13.5. The van der Waals surface area contributed by atoms with Gasteiger partial charge in [-0.3, -0.25) is 9.59 Å². The lowest BCUT2D eigenvalue weighted by atomic mass is 9.86. The molecule has 2 aromatic carbocycles. The highest BCUT2D eigenvalue weighted by molar-refractivity contribution is 6.02. The monoisotopic (exact) mass is 368 g/mol. The lowest BCUT2D eigenvalue weighted by Crippen LogP contribution is -2.46. The summed E-state index contributed by atoms with van der Waals surface area (Å²) in [6.07, 6.45) is 0.447. The van der Waals surface area contributed by atoms with Gasteiger partial charge in [-0.15, -0.1) is 0 Å². The van der Waals surface area contributed by atoms with Gasteiger partial charge in [0.15, 0.2) is 6.04 Å². The first-order chi connectivity index (χ1) is 13.0. The average molecular weight is 368 g/mol. The van der Waals surface area contributed by atoms with Crippen LogP contribution in [0, 0.1) is 5.82 Å². The molecule has 2 heterocycles. The van der Waals surface area contributed by atoms with E-state index in [0.717, 1.165) is 5.56 Å². The molecular formula is C20H17FN2O4. The molecule has 0 aliphatic carbocycles. The van der Waals surface area contributed by atoms with Crippen LogP contribution in [0.15, 0.2) is 42.5 Å². The van der Waals surface area contributed by atoms with E-state index in [1.54, 1.807) is 12.1 Å². The zero-order valence-electron chi connectivity index (χ0n) is 14.3. The van der Waals surface area contributed by atoms with Crippen molar-refractivity contribution in [3.63, 3.8) is 0 Å². The number of carbonyl (C=O) groups excluding carboxylic acids is 2. The van der Waals surface area contributed by atoms with Gasteiger partial charge in [-0.05, 0) is 35.2 Å². The number of amides is 2. The molecule has 27 heavy (non-hydrogen) atoms. The number of carboxylic acids is 1. The quantitative estimate of drug-likeness (QED) is 0.853. The molecule has 2 amide bonds. The van der Waals surface area contributed by atoms with E-state index in [-0.39, 0.29) is 18.7 Å². The van der Waals surface area contributed by atoms with Crippen molar-refractivity contribution in [1.82, 2.24) is 4.90 Å². The van der Waals surface area contributed by atoms with Gasteiger partial charge in [0, 0.05) is 18.7 Å². The summed E-state index contributed by atoms with van der Waals surface area (Å²) in [5.74, 6) is -3.29. The van der Waals surface area contributed by atoms with Gasteiger partial charge in [-0.2, -0.15) is 0 Å². The molecule has 6 nitrogen and oxygen atoms in total. The molecule has 0 saturated heterocycles. The second kappa shape index (κ2) is 6.50. The summed E-state index contributed by atoms with van der Waals surface area (Å²) in [5, 5.41) is 12.3. The lowest BCUT2D eigenvalue weighted by Gasteiger charge is -2.38. The zero-order chi connectivity index (χ0) is 19.1. The van der Waals surface area contributed by atoms with Crippen LogP contribution in [-0.4, -0.2) is 34.3 Å².